The molecule has 0 aliphatic heterocycles. The molecule has 0 saturated carbocycles. The Morgan fingerprint density at radius 3 is 2.29 bits per heavy atom. The maximum absolute atomic E-state index is 11.5. The number of carbonyl (C=O) groups excluding carboxylic acids is 1. The molecule has 0 aromatic carbocycles. The summed E-state index contributed by atoms with van der Waals surface area (Å²) in [6.45, 7) is 6.23. The van der Waals surface area contributed by atoms with Crippen molar-refractivity contribution in [1.29, 1.82) is 0 Å². The van der Waals surface area contributed by atoms with Crippen LogP contribution in [-0.2, 0) is 4.79 Å². The van der Waals surface area contributed by atoms with Crippen LogP contribution in [-0.4, -0.2) is 17.5 Å². The molecule has 70 valence electrons. The van der Waals surface area contributed by atoms with Crippen molar-refractivity contribution in [3.8, 4) is 0 Å². The van der Waals surface area contributed by atoms with Crippen LogP contribution in [0.15, 0.2) is 34.6 Å². The zero-order chi connectivity index (χ0) is 10.2. The Morgan fingerprint density at radius 1 is 1.36 bits per heavy atom. The fourth-order valence-electron chi connectivity index (χ4n) is 1.23. The Morgan fingerprint density at radius 2 is 1.86 bits per heavy atom. The van der Waals surface area contributed by atoms with Gasteiger partial charge in [-0.2, -0.15) is 0 Å². The van der Waals surface area contributed by atoms with Gasteiger partial charge in [-0.25, -0.2) is 0 Å². The first kappa shape index (κ1) is 13.2. The maximum Gasteiger partial charge on any atom is 1.00 e. The number of aliphatic hydroxyl groups excluding tert-OH is 1. The molecule has 0 heterocycles. The van der Waals surface area contributed by atoms with Gasteiger partial charge in [0.2, 0.25) is 0 Å². The summed E-state index contributed by atoms with van der Waals surface area (Å²) in [5.41, 5.74) is 1.07. The molecule has 1 aliphatic rings. The minimum atomic E-state index is -0.423. The second-order valence-corrected chi connectivity index (χ2v) is 3.02. The SMILES string of the molecule is C=C1C(=O)C(C)=C(C)C([O-])=C1CO.[Li+]. The number of aliphatic hydroxyl groups is 1. The Hall–Kier alpha value is -0.753. The van der Waals surface area contributed by atoms with Crippen LogP contribution in [0.4, 0.5) is 0 Å². The van der Waals surface area contributed by atoms with Crippen molar-refractivity contribution in [2.24, 2.45) is 0 Å². The molecule has 14 heavy (non-hydrogen) atoms. The van der Waals surface area contributed by atoms with Crippen molar-refractivity contribution in [2.45, 2.75) is 13.8 Å². The fourth-order valence-corrected chi connectivity index (χ4v) is 1.23. The van der Waals surface area contributed by atoms with Crippen molar-refractivity contribution in [2.75, 3.05) is 6.61 Å². The van der Waals surface area contributed by atoms with E-state index in [4.69, 9.17) is 5.11 Å². The predicted octanol–water partition coefficient (Wildman–Crippen LogP) is -2.93. The summed E-state index contributed by atoms with van der Waals surface area (Å²) in [6, 6.07) is 0. The molecule has 0 spiro atoms. The smallest absolute Gasteiger partial charge is 0.872 e. The summed E-state index contributed by atoms with van der Waals surface area (Å²) in [6.07, 6.45) is 0. The number of rotatable bonds is 1. The number of ketones is 1. The summed E-state index contributed by atoms with van der Waals surface area (Å²) >= 11 is 0. The van der Waals surface area contributed by atoms with E-state index in [-0.39, 0.29) is 41.5 Å². The van der Waals surface area contributed by atoms with E-state index in [9.17, 15) is 9.90 Å². The average molecular weight is 186 g/mol. The minimum Gasteiger partial charge on any atom is -0.872 e. The largest absolute Gasteiger partial charge is 1.00 e. The zero-order valence-electron chi connectivity index (χ0n) is 8.68. The van der Waals surface area contributed by atoms with E-state index in [1.54, 1.807) is 13.8 Å². The second kappa shape index (κ2) is 4.65. The van der Waals surface area contributed by atoms with Gasteiger partial charge in [-0.15, -0.1) is 0 Å². The molecule has 0 fully saturated rings. The molecule has 0 aromatic rings. The van der Waals surface area contributed by atoms with Gasteiger partial charge in [0.1, 0.15) is 0 Å². The Kier molecular flexibility index (Phi) is 4.40. The van der Waals surface area contributed by atoms with Crippen molar-refractivity contribution in [3.63, 3.8) is 0 Å². The maximum atomic E-state index is 11.5. The Bertz CT molecular complexity index is 350. The Labute approximate surface area is 95.0 Å². The van der Waals surface area contributed by atoms with Crippen molar-refractivity contribution in [1.82, 2.24) is 0 Å². The van der Waals surface area contributed by atoms with Crippen LogP contribution >= 0.6 is 0 Å². The first-order chi connectivity index (χ1) is 6.00. The molecule has 0 aromatic heterocycles. The second-order valence-electron chi connectivity index (χ2n) is 3.02. The molecule has 0 unspecified atom stereocenters. The molecule has 0 bridgehead atoms. The third-order valence-corrected chi connectivity index (χ3v) is 2.31. The van der Waals surface area contributed by atoms with Crippen LogP contribution < -0.4 is 24.0 Å². The standard InChI is InChI=1S/C10H12O3.Li/c1-5-6(2)10(13)8(4-11)7(3)9(5)12;/h11,13H,3-4H2,1-2H3;/q;+1/p-1. The molecule has 0 saturated heterocycles. The third kappa shape index (κ3) is 1.85. The quantitative estimate of drug-likeness (QED) is 0.352. The summed E-state index contributed by atoms with van der Waals surface area (Å²) in [5, 5.41) is 20.3. The monoisotopic (exact) mass is 186 g/mol. The van der Waals surface area contributed by atoms with Crippen molar-refractivity contribution >= 4 is 5.78 Å². The molecule has 0 amide bonds. The van der Waals surface area contributed by atoms with E-state index in [1.807, 2.05) is 0 Å². The molecular formula is C10H11LiO3. The van der Waals surface area contributed by atoms with Crippen molar-refractivity contribution in [3.05, 3.63) is 34.6 Å². The summed E-state index contributed by atoms with van der Waals surface area (Å²) in [4.78, 5) is 11.4. The van der Waals surface area contributed by atoms with Crippen LogP contribution in [0.3, 0.4) is 0 Å². The molecular weight excluding hydrogens is 175 g/mol. The minimum absolute atomic E-state index is 0. The first-order valence-electron chi connectivity index (χ1n) is 3.93. The van der Waals surface area contributed by atoms with Crippen LogP contribution in [0, 0.1) is 0 Å². The zero-order valence-corrected chi connectivity index (χ0v) is 8.68. The summed E-state index contributed by atoms with van der Waals surface area (Å²) in [5.74, 6) is -0.522. The van der Waals surface area contributed by atoms with Gasteiger partial charge in [-0.1, -0.05) is 17.9 Å². The third-order valence-electron chi connectivity index (χ3n) is 2.31. The molecule has 1 N–H and O–H groups in total. The van der Waals surface area contributed by atoms with Gasteiger partial charge < -0.3 is 10.2 Å². The van der Waals surface area contributed by atoms with Gasteiger partial charge >= 0.3 is 18.9 Å². The molecule has 3 nitrogen and oxygen atoms in total. The average Bonchev–Trinajstić information content (AvgIpc) is 2.13. The van der Waals surface area contributed by atoms with Crippen molar-refractivity contribution < 1.29 is 33.9 Å². The normalized spacial score (nSPS) is 17.4. The fraction of sp³-hybridized carbons (Fsp3) is 0.300. The molecule has 0 radical (unpaired) electrons. The van der Waals surface area contributed by atoms with E-state index in [0.717, 1.165) is 0 Å². The van der Waals surface area contributed by atoms with Gasteiger partial charge in [-0.3, -0.25) is 4.79 Å². The van der Waals surface area contributed by atoms with Gasteiger partial charge in [0, 0.05) is 5.57 Å². The molecule has 1 rings (SSSR count). The molecule has 1 aliphatic carbocycles. The first-order valence-corrected chi connectivity index (χ1v) is 3.93. The van der Waals surface area contributed by atoms with Crippen LogP contribution in [0.1, 0.15) is 13.8 Å². The van der Waals surface area contributed by atoms with E-state index in [2.05, 4.69) is 6.58 Å². The number of hydrogen-bond donors (Lipinski definition) is 1. The van der Waals surface area contributed by atoms with Gasteiger partial charge in [-0.05, 0) is 25.0 Å². The van der Waals surface area contributed by atoms with E-state index in [0.29, 0.717) is 11.1 Å². The van der Waals surface area contributed by atoms with Gasteiger partial charge in [0.15, 0.2) is 5.78 Å². The molecule has 0 atom stereocenters. The number of hydrogen-bond acceptors (Lipinski definition) is 3. The van der Waals surface area contributed by atoms with E-state index < -0.39 is 6.61 Å². The van der Waals surface area contributed by atoms with Crippen LogP contribution in [0.2, 0.25) is 0 Å². The molecule has 4 heteroatoms. The predicted molar refractivity (Wildman–Crippen MR) is 46.6 cm³/mol. The Balaban J connectivity index is 0.00000169. The summed E-state index contributed by atoms with van der Waals surface area (Å²) in [7, 11) is 0. The summed E-state index contributed by atoms with van der Waals surface area (Å²) < 4.78 is 0. The number of allylic oxidation sites excluding steroid dienone is 2. The topological polar surface area (TPSA) is 60.4 Å². The van der Waals surface area contributed by atoms with Crippen LogP contribution in [0.5, 0.6) is 0 Å². The number of carbonyl (C=O) groups is 1. The van der Waals surface area contributed by atoms with E-state index >= 15 is 0 Å². The van der Waals surface area contributed by atoms with Gasteiger partial charge in [0.05, 0.1) is 6.61 Å². The number of Topliss-reactive ketones (excluding diaryl/α,β-unsaturated/α-hetero) is 1. The van der Waals surface area contributed by atoms with Crippen LogP contribution in [0.25, 0.3) is 0 Å². The van der Waals surface area contributed by atoms with Gasteiger partial charge in [0.25, 0.3) is 0 Å². The van der Waals surface area contributed by atoms with E-state index in [1.165, 1.54) is 0 Å².